The van der Waals surface area contributed by atoms with Crippen LogP contribution in [0.2, 0.25) is 0 Å². The lowest BCUT2D eigenvalue weighted by molar-refractivity contribution is 0.502. The zero-order valence-electron chi connectivity index (χ0n) is 10.9. The summed E-state index contributed by atoms with van der Waals surface area (Å²) in [5, 5.41) is 7.85. The molecule has 0 aliphatic carbocycles. The Kier molecular flexibility index (Phi) is 4.84. The molecule has 2 rings (SSSR count). The van der Waals surface area contributed by atoms with Gasteiger partial charge in [0.2, 0.25) is 0 Å². The number of nitrogens with zero attached hydrogens (tertiary/aromatic N) is 2. The largest absolute Gasteiger partial charge is 0.309 e. The molecule has 0 radical (unpaired) electrons. The van der Waals surface area contributed by atoms with Crippen molar-refractivity contribution in [2.45, 2.75) is 32.7 Å². The maximum atomic E-state index is 4.52. The Hall–Kier alpha value is -1.26. The van der Waals surface area contributed by atoms with Crippen LogP contribution in [0.5, 0.6) is 0 Å². The summed E-state index contributed by atoms with van der Waals surface area (Å²) in [6.45, 7) is 5.02. The quantitative estimate of drug-likeness (QED) is 0.868. The van der Waals surface area contributed by atoms with Crippen LogP contribution < -0.4 is 5.32 Å². The molecule has 0 aliphatic rings. The second-order valence-electron chi connectivity index (χ2n) is 4.31. The van der Waals surface area contributed by atoms with Crippen LogP contribution in [0, 0.1) is 6.92 Å². The van der Waals surface area contributed by atoms with Crippen molar-refractivity contribution in [1.29, 1.82) is 0 Å². The third-order valence-electron chi connectivity index (χ3n) is 2.91. The summed E-state index contributed by atoms with van der Waals surface area (Å²) >= 11 is 1.76. The maximum absolute atomic E-state index is 4.52. The number of aromatic nitrogens is 2. The number of hydrogen-bond donors (Lipinski definition) is 1. The van der Waals surface area contributed by atoms with Gasteiger partial charge in [0.15, 0.2) is 0 Å². The number of aryl methyl sites for hydroxylation is 2. The van der Waals surface area contributed by atoms with E-state index in [0.29, 0.717) is 6.04 Å². The van der Waals surface area contributed by atoms with E-state index in [-0.39, 0.29) is 0 Å². The number of nitrogens with one attached hydrogen (secondary N) is 1. The second kappa shape index (κ2) is 6.61. The molecule has 1 unspecified atom stereocenters. The highest BCUT2D eigenvalue weighted by Crippen LogP contribution is 2.18. The van der Waals surface area contributed by atoms with E-state index in [1.165, 1.54) is 5.56 Å². The first-order chi connectivity index (χ1) is 8.79. The van der Waals surface area contributed by atoms with E-state index >= 15 is 0 Å². The maximum Gasteiger partial charge on any atom is 0.125 e. The highest BCUT2D eigenvalue weighted by atomic mass is 32.1. The highest BCUT2D eigenvalue weighted by molar-refractivity contribution is 7.07. The van der Waals surface area contributed by atoms with Crippen molar-refractivity contribution in [2.24, 2.45) is 0 Å². The molecule has 0 aliphatic heterocycles. The monoisotopic (exact) mass is 261 g/mol. The Morgan fingerprint density at radius 3 is 2.94 bits per heavy atom. The molecule has 2 aromatic heterocycles. The van der Waals surface area contributed by atoms with Crippen LogP contribution in [-0.2, 0) is 6.42 Å². The van der Waals surface area contributed by atoms with Crippen molar-refractivity contribution in [3.8, 4) is 0 Å². The van der Waals surface area contributed by atoms with E-state index in [4.69, 9.17) is 0 Å². The van der Waals surface area contributed by atoms with E-state index in [2.05, 4.69) is 39.0 Å². The minimum atomic E-state index is 0.316. The molecule has 1 N–H and O–H groups in total. The Morgan fingerprint density at radius 2 is 2.28 bits per heavy atom. The topological polar surface area (TPSA) is 37.8 Å². The zero-order valence-corrected chi connectivity index (χ0v) is 11.7. The molecule has 4 heteroatoms. The van der Waals surface area contributed by atoms with Gasteiger partial charge in [0.1, 0.15) is 5.82 Å². The van der Waals surface area contributed by atoms with Gasteiger partial charge >= 0.3 is 0 Å². The fourth-order valence-corrected chi connectivity index (χ4v) is 2.72. The highest BCUT2D eigenvalue weighted by Gasteiger charge is 2.12. The van der Waals surface area contributed by atoms with Gasteiger partial charge in [-0.05, 0) is 54.8 Å². The van der Waals surface area contributed by atoms with Gasteiger partial charge in [-0.2, -0.15) is 11.3 Å². The molecule has 0 aromatic carbocycles. The Bertz CT molecular complexity index is 468. The summed E-state index contributed by atoms with van der Waals surface area (Å²) in [6.07, 6.45) is 4.00. The van der Waals surface area contributed by atoms with E-state index in [0.717, 1.165) is 30.9 Å². The van der Waals surface area contributed by atoms with Crippen LogP contribution in [0.15, 0.2) is 29.1 Å². The van der Waals surface area contributed by atoms with Gasteiger partial charge in [-0.15, -0.1) is 0 Å². The molecule has 0 bridgehead atoms. The Morgan fingerprint density at radius 1 is 1.39 bits per heavy atom. The van der Waals surface area contributed by atoms with Crippen LogP contribution in [0.4, 0.5) is 0 Å². The molecule has 0 saturated heterocycles. The van der Waals surface area contributed by atoms with Gasteiger partial charge < -0.3 is 5.32 Å². The van der Waals surface area contributed by atoms with Gasteiger partial charge in [-0.25, -0.2) is 9.97 Å². The van der Waals surface area contributed by atoms with Crippen LogP contribution >= 0.6 is 11.3 Å². The first-order valence-electron chi connectivity index (χ1n) is 6.33. The van der Waals surface area contributed by atoms with E-state index < -0.39 is 0 Å². The molecule has 0 fully saturated rings. The van der Waals surface area contributed by atoms with E-state index in [9.17, 15) is 0 Å². The van der Waals surface area contributed by atoms with Gasteiger partial charge in [0, 0.05) is 12.2 Å². The lowest BCUT2D eigenvalue weighted by Gasteiger charge is -2.17. The predicted octanol–water partition coefficient (Wildman–Crippen LogP) is 3.13. The molecule has 0 spiro atoms. The van der Waals surface area contributed by atoms with Gasteiger partial charge in [-0.3, -0.25) is 0 Å². The van der Waals surface area contributed by atoms with Crippen molar-refractivity contribution >= 4 is 11.3 Å². The zero-order chi connectivity index (χ0) is 12.8. The van der Waals surface area contributed by atoms with Gasteiger partial charge in [-0.1, -0.05) is 6.92 Å². The summed E-state index contributed by atoms with van der Waals surface area (Å²) in [5.41, 5.74) is 2.51. The lowest BCUT2D eigenvalue weighted by atomic mass is 10.0. The fraction of sp³-hybridized carbons (Fsp3) is 0.429. The lowest BCUT2D eigenvalue weighted by Crippen LogP contribution is -2.22. The van der Waals surface area contributed by atoms with Crippen LogP contribution in [0.3, 0.4) is 0 Å². The summed E-state index contributed by atoms with van der Waals surface area (Å²) in [5.74, 6) is 0.839. The van der Waals surface area contributed by atoms with Crippen molar-refractivity contribution in [3.63, 3.8) is 0 Å². The SMILES string of the molecule is CCNC(CCc1ccsc1)c1ccnc(C)n1. The molecule has 18 heavy (non-hydrogen) atoms. The smallest absolute Gasteiger partial charge is 0.125 e. The van der Waals surface area contributed by atoms with E-state index in [1.807, 2.05) is 19.2 Å². The van der Waals surface area contributed by atoms with Crippen LogP contribution in [0.1, 0.15) is 36.5 Å². The van der Waals surface area contributed by atoms with Crippen LogP contribution in [-0.4, -0.2) is 16.5 Å². The van der Waals surface area contributed by atoms with Crippen molar-refractivity contribution in [1.82, 2.24) is 15.3 Å². The molecule has 2 heterocycles. The minimum absolute atomic E-state index is 0.316. The third kappa shape index (κ3) is 3.62. The standard InChI is InChI=1S/C14H19N3S/c1-3-15-13(5-4-12-7-9-18-10-12)14-6-8-16-11(2)17-14/h6-10,13,15H,3-5H2,1-2H3. The molecule has 0 saturated carbocycles. The Balaban J connectivity index is 2.03. The normalized spacial score (nSPS) is 12.6. The molecule has 3 nitrogen and oxygen atoms in total. The Labute approximate surface area is 112 Å². The number of hydrogen-bond acceptors (Lipinski definition) is 4. The van der Waals surface area contributed by atoms with E-state index in [1.54, 1.807) is 11.3 Å². The molecule has 0 amide bonds. The fourth-order valence-electron chi connectivity index (χ4n) is 2.02. The molecular weight excluding hydrogens is 242 g/mol. The summed E-state index contributed by atoms with van der Waals surface area (Å²) in [7, 11) is 0. The minimum Gasteiger partial charge on any atom is -0.309 e. The number of thiophene rings is 1. The second-order valence-corrected chi connectivity index (χ2v) is 5.09. The van der Waals surface area contributed by atoms with Crippen molar-refractivity contribution in [2.75, 3.05) is 6.54 Å². The first-order valence-corrected chi connectivity index (χ1v) is 7.28. The van der Waals surface area contributed by atoms with Gasteiger partial charge in [0.25, 0.3) is 0 Å². The van der Waals surface area contributed by atoms with Crippen molar-refractivity contribution < 1.29 is 0 Å². The first kappa shape index (κ1) is 13.2. The third-order valence-corrected chi connectivity index (χ3v) is 3.64. The molecule has 96 valence electrons. The van der Waals surface area contributed by atoms with Gasteiger partial charge in [0.05, 0.1) is 5.69 Å². The average Bonchev–Trinajstić information content (AvgIpc) is 2.87. The summed E-state index contributed by atoms with van der Waals surface area (Å²) < 4.78 is 0. The molecular formula is C14H19N3S. The molecule has 1 atom stereocenters. The average molecular weight is 261 g/mol. The van der Waals surface area contributed by atoms with Crippen molar-refractivity contribution in [3.05, 3.63) is 46.2 Å². The number of rotatable bonds is 6. The van der Waals surface area contributed by atoms with Crippen LogP contribution in [0.25, 0.3) is 0 Å². The summed E-state index contributed by atoms with van der Waals surface area (Å²) in [6, 6.07) is 4.52. The molecule has 2 aromatic rings. The predicted molar refractivity (Wildman–Crippen MR) is 75.8 cm³/mol. The summed E-state index contributed by atoms with van der Waals surface area (Å²) in [4.78, 5) is 8.68.